The first-order valence-electron chi connectivity index (χ1n) is 6.13. The van der Waals surface area contributed by atoms with Crippen molar-refractivity contribution in [1.82, 2.24) is 10.3 Å². The summed E-state index contributed by atoms with van der Waals surface area (Å²) >= 11 is 1.44. The van der Waals surface area contributed by atoms with Gasteiger partial charge in [-0.05, 0) is 26.2 Å². The minimum absolute atomic E-state index is 0.0265. The number of hydrazone groups is 1. The van der Waals surface area contributed by atoms with Crippen LogP contribution in [0.4, 0.5) is 5.69 Å². The summed E-state index contributed by atoms with van der Waals surface area (Å²) in [4.78, 5) is 12.4. The highest BCUT2D eigenvalue weighted by molar-refractivity contribution is 8.13. The molecule has 0 saturated heterocycles. The zero-order valence-corrected chi connectivity index (χ0v) is 11.9. The Morgan fingerprint density at radius 3 is 2.84 bits per heavy atom. The average molecular weight is 276 g/mol. The van der Waals surface area contributed by atoms with Crippen molar-refractivity contribution in [3.63, 3.8) is 0 Å². The van der Waals surface area contributed by atoms with Gasteiger partial charge >= 0.3 is 0 Å². The summed E-state index contributed by atoms with van der Waals surface area (Å²) in [6, 6.07) is 7.50. The number of fused-ring (bicyclic) bond motifs is 3. The lowest BCUT2D eigenvalue weighted by atomic mass is 9.96. The molecule has 2 heterocycles. The molecule has 1 unspecified atom stereocenters. The zero-order valence-electron chi connectivity index (χ0n) is 11.1. The van der Waals surface area contributed by atoms with Gasteiger partial charge in [0.25, 0.3) is 5.91 Å². The van der Waals surface area contributed by atoms with E-state index in [1.54, 1.807) is 0 Å². The van der Waals surface area contributed by atoms with Crippen LogP contribution in [0.5, 0.6) is 0 Å². The van der Waals surface area contributed by atoms with Crippen molar-refractivity contribution in [2.24, 2.45) is 5.10 Å². The third kappa shape index (κ3) is 1.87. The Balaban J connectivity index is 2.15. The molecule has 0 fully saturated rings. The number of carbonyl (C=O) groups excluding carboxylic acids is 1. The standard InChI is InChI=1S/C13H16N4OS/c1-13(2)15-9-7-5-4-6-8(9)10-11(18)14-12(19-3)16-17(10)13/h4-7,10,15H,1-3H3,(H,14,16,18). The third-order valence-corrected chi connectivity index (χ3v) is 3.95. The monoisotopic (exact) mass is 276 g/mol. The molecule has 6 heteroatoms. The molecule has 0 aromatic heterocycles. The summed E-state index contributed by atoms with van der Waals surface area (Å²) in [6.45, 7) is 4.05. The van der Waals surface area contributed by atoms with Gasteiger partial charge in [0, 0.05) is 11.3 Å². The Bertz CT molecular complexity index is 570. The number of anilines is 1. The molecule has 0 radical (unpaired) electrons. The van der Waals surface area contributed by atoms with Gasteiger partial charge in [0.1, 0.15) is 5.66 Å². The number of para-hydroxylation sites is 1. The van der Waals surface area contributed by atoms with Crippen LogP contribution in [0, 0.1) is 0 Å². The predicted molar refractivity (Wildman–Crippen MR) is 77.8 cm³/mol. The summed E-state index contributed by atoms with van der Waals surface area (Å²) in [7, 11) is 0. The number of hydrogen-bond donors (Lipinski definition) is 2. The van der Waals surface area contributed by atoms with Crippen molar-refractivity contribution in [2.75, 3.05) is 11.6 Å². The number of carbonyl (C=O) groups is 1. The van der Waals surface area contributed by atoms with Gasteiger partial charge in [-0.1, -0.05) is 30.0 Å². The highest BCUT2D eigenvalue weighted by Crippen LogP contribution is 2.40. The lowest BCUT2D eigenvalue weighted by molar-refractivity contribution is -0.129. The van der Waals surface area contributed by atoms with Gasteiger partial charge in [-0.3, -0.25) is 9.80 Å². The fraction of sp³-hybridized carbons (Fsp3) is 0.385. The van der Waals surface area contributed by atoms with Crippen LogP contribution < -0.4 is 10.6 Å². The van der Waals surface area contributed by atoms with Crippen LogP contribution in [-0.4, -0.2) is 28.0 Å². The number of rotatable bonds is 0. The molecule has 2 N–H and O–H groups in total. The fourth-order valence-electron chi connectivity index (χ4n) is 2.51. The molecule has 1 atom stereocenters. The number of amidine groups is 1. The van der Waals surface area contributed by atoms with E-state index in [1.165, 1.54) is 11.8 Å². The van der Waals surface area contributed by atoms with Crippen molar-refractivity contribution >= 4 is 28.5 Å². The van der Waals surface area contributed by atoms with Crippen LogP contribution in [0.25, 0.3) is 0 Å². The van der Waals surface area contributed by atoms with Gasteiger partial charge in [0.15, 0.2) is 11.2 Å². The lowest BCUT2D eigenvalue weighted by Gasteiger charge is -2.48. The Morgan fingerprint density at radius 1 is 1.37 bits per heavy atom. The lowest BCUT2D eigenvalue weighted by Crippen LogP contribution is -2.59. The first-order chi connectivity index (χ1) is 9.03. The van der Waals surface area contributed by atoms with Crippen LogP contribution in [0.15, 0.2) is 29.4 Å². The van der Waals surface area contributed by atoms with E-state index in [0.29, 0.717) is 5.17 Å². The maximum absolute atomic E-state index is 12.4. The van der Waals surface area contributed by atoms with Crippen LogP contribution in [0.2, 0.25) is 0 Å². The quantitative estimate of drug-likeness (QED) is 0.760. The van der Waals surface area contributed by atoms with E-state index in [9.17, 15) is 4.79 Å². The zero-order chi connectivity index (χ0) is 13.6. The third-order valence-electron chi connectivity index (χ3n) is 3.38. The molecule has 19 heavy (non-hydrogen) atoms. The number of nitrogens with zero attached hydrogens (tertiary/aromatic N) is 2. The van der Waals surface area contributed by atoms with Crippen molar-refractivity contribution in [3.8, 4) is 0 Å². The van der Waals surface area contributed by atoms with Crippen LogP contribution in [-0.2, 0) is 4.79 Å². The van der Waals surface area contributed by atoms with Gasteiger partial charge < -0.3 is 10.6 Å². The van der Waals surface area contributed by atoms with E-state index in [-0.39, 0.29) is 11.9 Å². The molecular weight excluding hydrogens is 260 g/mol. The molecule has 0 spiro atoms. The Morgan fingerprint density at radius 2 is 2.11 bits per heavy atom. The molecular formula is C13H16N4OS. The van der Waals surface area contributed by atoms with E-state index in [2.05, 4.69) is 15.7 Å². The molecule has 5 nitrogen and oxygen atoms in total. The molecule has 1 aromatic carbocycles. The van der Waals surface area contributed by atoms with Crippen LogP contribution >= 0.6 is 11.8 Å². The minimum atomic E-state index is -0.405. The van der Waals surface area contributed by atoms with Crippen LogP contribution in [0.1, 0.15) is 25.5 Å². The van der Waals surface area contributed by atoms with E-state index in [4.69, 9.17) is 0 Å². The summed E-state index contributed by atoms with van der Waals surface area (Å²) in [6.07, 6.45) is 1.90. The van der Waals surface area contributed by atoms with Crippen molar-refractivity contribution in [1.29, 1.82) is 0 Å². The largest absolute Gasteiger partial charge is 0.362 e. The number of thioether (sulfide) groups is 1. The van der Waals surface area contributed by atoms with Crippen molar-refractivity contribution < 1.29 is 4.79 Å². The molecule has 100 valence electrons. The van der Waals surface area contributed by atoms with Gasteiger partial charge in [0.2, 0.25) is 0 Å². The van der Waals surface area contributed by atoms with Gasteiger partial charge in [-0.25, -0.2) is 0 Å². The summed E-state index contributed by atoms with van der Waals surface area (Å²) < 4.78 is 0. The minimum Gasteiger partial charge on any atom is -0.362 e. The van der Waals surface area contributed by atoms with Gasteiger partial charge in [-0.2, -0.15) is 0 Å². The molecule has 0 aliphatic carbocycles. The maximum Gasteiger partial charge on any atom is 0.255 e. The molecule has 2 aliphatic rings. The summed E-state index contributed by atoms with van der Waals surface area (Å²) in [5, 5.41) is 13.3. The molecule has 1 amide bonds. The van der Waals surface area contributed by atoms with E-state index < -0.39 is 5.66 Å². The second-order valence-electron chi connectivity index (χ2n) is 5.12. The number of hydrogen-bond acceptors (Lipinski definition) is 5. The number of amides is 1. The second kappa shape index (κ2) is 4.16. The average Bonchev–Trinajstić information content (AvgIpc) is 2.38. The summed E-state index contributed by atoms with van der Waals surface area (Å²) in [5.41, 5.74) is 1.55. The van der Waals surface area contributed by atoms with E-state index in [1.807, 2.05) is 49.4 Å². The van der Waals surface area contributed by atoms with Crippen molar-refractivity contribution in [3.05, 3.63) is 29.8 Å². The Hall–Kier alpha value is -1.69. The Kier molecular flexibility index (Phi) is 2.70. The smallest absolute Gasteiger partial charge is 0.255 e. The second-order valence-corrected chi connectivity index (χ2v) is 5.91. The van der Waals surface area contributed by atoms with Crippen molar-refractivity contribution in [2.45, 2.75) is 25.6 Å². The fourth-order valence-corrected chi connectivity index (χ4v) is 2.89. The summed E-state index contributed by atoms with van der Waals surface area (Å²) in [5.74, 6) is -0.0265. The highest BCUT2D eigenvalue weighted by Gasteiger charge is 2.44. The molecule has 2 aliphatic heterocycles. The first kappa shape index (κ1) is 12.3. The van der Waals surface area contributed by atoms with Gasteiger partial charge in [0.05, 0.1) is 0 Å². The van der Waals surface area contributed by atoms with E-state index >= 15 is 0 Å². The number of nitrogens with one attached hydrogen (secondary N) is 2. The van der Waals surface area contributed by atoms with Gasteiger partial charge in [-0.15, -0.1) is 5.10 Å². The topological polar surface area (TPSA) is 56.7 Å². The molecule has 0 saturated carbocycles. The predicted octanol–water partition coefficient (Wildman–Crippen LogP) is 1.96. The molecule has 3 rings (SSSR count). The normalized spacial score (nSPS) is 23.7. The van der Waals surface area contributed by atoms with E-state index in [0.717, 1.165) is 11.3 Å². The van der Waals surface area contributed by atoms with Crippen LogP contribution in [0.3, 0.4) is 0 Å². The first-order valence-corrected chi connectivity index (χ1v) is 7.35. The Labute approximate surface area is 116 Å². The maximum atomic E-state index is 12.4. The highest BCUT2D eigenvalue weighted by atomic mass is 32.2. The molecule has 1 aromatic rings. The molecule has 0 bridgehead atoms. The SMILES string of the molecule is CSC1=NN2C(C(=O)N1)c1ccccc1NC2(C)C. The number of benzene rings is 1.